The average molecular weight is 556 g/mol. The standard InChI is InChI=1S/C30H29N5O4S/c1-20-11-5-8-14-26(20)35(2)27-15-9-10-16-28(27)40(36,37)34-30-29(32-24-12-6-7-13-25(24)33-30)31-21-17-22(38-3)19-23(18-21)39-4/h5-19H,1-4H3,(H,31,32)(H,33,34). The summed E-state index contributed by atoms with van der Waals surface area (Å²) >= 11 is 0. The summed E-state index contributed by atoms with van der Waals surface area (Å²) in [6.45, 7) is 1.98. The Kier molecular flexibility index (Phi) is 7.43. The highest BCUT2D eigenvalue weighted by molar-refractivity contribution is 7.92. The maximum absolute atomic E-state index is 13.9. The largest absolute Gasteiger partial charge is 0.497 e. The molecule has 1 heterocycles. The summed E-state index contributed by atoms with van der Waals surface area (Å²) in [5.74, 6) is 1.40. The van der Waals surface area contributed by atoms with Crippen LogP contribution in [0.4, 0.5) is 28.7 Å². The van der Waals surface area contributed by atoms with E-state index in [4.69, 9.17) is 9.47 Å². The second-order valence-electron chi connectivity index (χ2n) is 9.05. The first kappa shape index (κ1) is 26.8. The third-order valence-electron chi connectivity index (χ3n) is 6.41. The van der Waals surface area contributed by atoms with Gasteiger partial charge in [-0.25, -0.2) is 18.4 Å². The van der Waals surface area contributed by atoms with Gasteiger partial charge in [0.05, 0.1) is 30.9 Å². The Hall–Kier alpha value is -4.83. The summed E-state index contributed by atoms with van der Waals surface area (Å²) in [5, 5.41) is 3.19. The van der Waals surface area contributed by atoms with Gasteiger partial charge in [-0.05, 0) is 42.8 Å². The zero-order chi connectivity index (χ0) is 28.3. The number of nitrogens with one attached hydrogen (secondary N) is 2. The van der Waals surface area contributed by atoms with Crippen molar-refractivity contribution in [1.82, 2.24) is 9.97 Å². The molecule has 0 saturated carbocycles. The number of aryl methyl sites for hydroxylation is 1. The second-order valence-corrected chi connectivity index (χ2v) is 10.7. The number of hydrogen-bond acceptors (Lipinski definition) is 8. The van der Waals surface area contributed by atoms with Gasteiger partial charge in [-0.3, -0.25) is 4.72 Å². The van der Waals surface area contributed by atoms with Crippen LogP contribution in [0.3, 0.4) is 0 Å². The molecule has 9 nitrogen and oxygen atoms in total. The highest BCUT2D eigenvalue weighted by Gasteiger charge is 2.24. The quantitative estimate of drug-likeness (QED) is 0.219. The molecule has 0 fully saturated rings. The molecular weight excluding hydrogens is 526 g/mol. The molecule has 0 bridgehead atoms. The molecule has 1 aromatic heterocycles. The SMILES string of the molecule is COc1cc(Nc2nc3ccccc3nc2NS(=O)(=O)c2ccccc2N(C)c2ccccc2C)cc(OC)c1. The Balaban J connectivity index is 1.58. The van der Waals surface area contributed by atoms with Crippen LogP contribution in [-0.4, -0.2) is 39.7 Å². The number of sulfonamides is 1. The smallest absolute Gasteiger partial charge is 0.265 e. The molecular formula is C30H29N5O4S. The minimum absolute atomic E-state index is 0.0498. The van der Waals surface area contributed by atoms with Gasteiger partial charge in [-0.1, -0.05) is 42.5 Å². The first-order chi connectivity index (χ1) is 19.3. The number of para-hydroxylation sites is 4. The van der Waals surface area contributed by atoms with Gasteiger partial charge in [-0.15, -0.1) is 0 Å². The Morgan fingerprint density at radius 2 is 1.27 bits per heavy atom. The van der Waals surface area contributed by atoms with E-state index in [-0.39, 0.29) is 16.5 Å². The van der Waals surface area contributed by atoms with Crippen molar-refractivity contribution in [3.63, 3.8) is 0 Å². The number of fused-ring (bicyclic) bond motifs is 1. The van der Waals surface area contributed by atoms with Gasteiger partial charge in [0.25, 0.3) is 10.0 Å². The minimum Gasteiger partial charge on any atom is -0.497 e. The molecule has 0 spiro atoms. The van der Waals surface area contributed by atoms with Gasteiger partial charge in [0.1, 0.15) is 16.4 Å². The van der Waals surface area contributed by atoms with E-state index in [9.17, 15) is 8.42 Å². The van der Waals surface area contributed by atoms with Crippen LogP contribution in [0.15, 0.2) is 95.9 Å². The molecule has 4 aromatic carbocycles. The molecule has 0 saturated heterocycles. The van der Waals surface area contributed by atoms with Gasteiger partial charge in [0.2, 0.25) is 0 Å². The molecule has 204 valence electrons. The Morgan fingerprint density at radius 3 is 1.90 bits per heavy atom. The van der Waals surface area contributed by atoms with Crippen LogP contribution in [0.2, 0.25) is 0 Å². The Morgan fingerprint density at radius 1 is 0.725 bits per heavy atom. The molecule has 0 radical (unpaired) electrons. The lowest BCUT2D eigenvalue weighted by Gasteiger charge is -2.24. The lowest BCUT2D eigenvalue weighted by atomic mass is 10.1. The van der Waals surface area contributed by atoms with Crippen LogP contribution in [0.25, 0.3) is 11.0 Å². The number of methoxy groups -OCH3 is 2. The van der Waals surface area contributed by atoms with Gasteiger partial charge in [-0.2, -0.15) is 0 Å². The van der Waals surface area contributed by atoms with E-state index in [2.05, 4.69) is 20.0 Å². The van der Waals surface area contributed by atoms with E-state index in [0.29, 0.717) is 33.9 Å². The van der Waals surface area contributed by atoms with E-state index in [1.54, 1.807) is 56.7 Å². The first-order valence-electron chi connectivity index (χ1n) is 12.5. The predicted molar refractivity (Wildman–Crippen MR) is 159 cm³/mol. The molecule has 0 atom stereocenters. The van der Waals surface area contributed by atoms with Gasteiger partial charge < -0.3 is 19.7 Å². The lowest BCUT2D eigenvalue weighted by Crippen LogP contribution is -2.20. The molecule has 0 unspecified atom stereocenters. The zero-order valence-corrected chi connectivity index (χ0v) is 23.4. The van der Waals surface area contributed by atoms with Gasteiger partial charge >= 0.3 is 0 Å². The highest BCUT2D eigenvalue weighted by atomic mass is 32.2. The molecule has 5 aromatic rings. The van der Waals surface area contributed by atoms with E-state index >= 15 is 0 Å². The minimum atomic E-state index is -4.10. The molecule has 0 amide bonds. The summed E-state index contributed by atoms with van der Waals surface area (Å²) in [4.78, 5) is 11.3. The summed E-state index contributed by atoms with van der Waals surface area (Å²) in [7, 11) is 0.850. The number of aromatic nitrogens is 2. The monoisotopic (exact) mass is 555 g/mol. The van der Waals surface area contributed by atoms with Crippen LogP contribution in [0.5, 0.6) is 11.5 Å². The van der Waals surface area contributed by atoms with Crippen molar-refractivity contribution in [3.8, 4) is 11.5 Å². The first-order valence-corrected chi connectivity index (χ1v) is 14.0. The molecule has 2 N–H and O–H groups in total. The third kappa shape index (κ3) is 5.48. The number of benzene rings is 4. The number of anilines is 5. The average Bonchev–Trinajstić information content (AvgIpc) is 2.97. The summed E-state index contributed by atoms with van der Waals surface area (Å²) < 4.78 is 41.3. The summed E-state index contributed by atoms with van der Waals surface area (Å²) in [6.07, 6.45) is 0. The van der Waals surface area contributed by atoms with E-state index in [0.717, 1.165) is 11.3 Å². The molecule has 40 heavy (non-hydrogen) atoms. The third-order valence-corrected chi connectivity index (χ3v) is 7.80. The molecule has 0 aliphatic carbocycles. The van der Waals surface area contributed by atoms with Crippen molar-refractivity contribution in [1.29, 1.82) is 0 Å². The van der Waals surface area contributed by atoms with Gasteiger partial charge in [0, 0.05) is 36.6 Å². The van der Waals surface area contributed by atoms with Crippen LogP contribution in [-0.2, 0) is 10.0 Å². The molecule has 5 rings (SSSR count). The van der Waals surface area contributed by atoms with Crippen LogP contribution in [0.1, 0.15) is 5.56 Å². The summed E-state index contributed by atoms with van der Waals surface area (Å²) in [6, 6.07) is 27.1. The van der Waals surface area contributed by atoms with Gasteiger partial charge in [0.15, 0.2) is 11.6 Å². The number of rotatable bonds is 9. The Bertz CT molecular complexity index is 1770. The topological polar surface area (TPSA) is 106 Å². The molecule has 0 aliphatic heterocycles. The van der Waals surface area contributed by atoms with Crippen LogP contribution in [0, 0.1) is 6.92 Å². The van der Waals surface area contributed by atoms with E-state index in [1.165, 1.54) is 0 Å². The fourth-order valence-corrected chi connectivity index (χ4v) is 5.63. The van der Waals surface area contributed by atoms with Crippen molar-refractivity contribution in [3.05, 3.63) is 96.6 Å². The molecule has 0 aliphatic rings. The fraction of sp³-hybridized carbons (Fsp3) is 0.133. The molecule has 10 heteroatoms. The number of nitrogens with zero attached hydrogens (tertiary/aromatic N) is 3. The van der Waals surface area contributed by atoms with Crippen molar-refractivity contribution in [2.45, 2.75) is 11.8 Å². The fourth-order valence-electron chi connectivity index (χ4n) is 4.39. The maximum atomic E-state index is 13.9. The van der Waals surface area contributed by atoms with Crippen molar-refractivity contribution in [2.24, 2.45) is 0 Å². The zero-order valence-electron chi connectivity index (χ0n) is 22.5. The van der Waals surface area contributed by atoms with Crippen molar-refractivity contribution in [2.75, 3.05) is 36.2 Å². The van der Waals surface area contributed by atoms with Crippen molar-refractivity contribution < 1.29 is 17.9 Å². The normalized spacial score (nSPS) is 11.2. The van der Waals surface area contributed by atoms with Crippen LogP contribution >= 0.6 is 0 Å². The number of ether oxygens (including phenoxy) is 2. The predicted octanol–water partition coefficient (Wildman–Crippen LogP) is 6.27. The van der Waals surface area contributed by atoms with E-state index in [1.807, 2.05) is 67.4 Å². The summed E-state index contributed by atoms with van der Waals surface area (Å²) in [5.41, 5.74) is 4.16. The van der Waals surface area contributed by atoms with Crippen LogP contribution < -0.4 is 24.4 Å². The maximum Gasteiger partial charge on any atom is 0.265 e. The second kappa shape index (κ2) is 11.1. The number of hydrogen-bond donors (Lipinski definition) is 2. The Labute approximate surface area is 233 Å². The van der Waals surface area contributed by atoms with Crippen molar-refractivity contribution >= 4 is 49.8 Å². The van der Waals surface area contributed by atoms with E-state index < -0.39 is 10.0 Å². The highest BCUT2D eigenvalue weighted by Crippen LogP contribution is 2.35. The lowest BCUT2D eigenvalue weighted by molar-refractivity contribution is 0.395.